The molecule has 0 spiro atoms. The lowest BCUT2D eigenvalue weighted by molar-refractivity contribution is 0.0946. The number of nitrogens with one attached hydrogen (secondary N) is 2. The molecule has 8 heteroatoms. The number of carbonyl (C=O) groups is 2. The zero-order chi connectivity index (χ0) is 19.1. The molecule has 0 aliphatic rings. The predicted octanol–water partition coefficient (Wildman–Crippen LogP) is 2.01. The van der Waals surface area contributed by atoms with Crippen LogP contribution < -0.4 is 10.9 Å². The number of aromatic nitrogens is 2. The summed E-state index contributed by atoms with van der Waals surface area (Å²) in [6.45, 7) is 6.96. The number of hydrogen-bond donors (Lipinski definition) is 2. The summed E-state index contributed by atoms with van der Waals surface area (Å²) < 4.78 is 0. The van der Waals surface area contributed by atoms with Crippen molar-refractivity contribution in [1.29, 1.82) is 0 Å². The molecule has 2 aromatic rings. The number of nitrogens with zero attached hydrogens (tertiary/aromatic N) is 4. The molecular formula is C18H20N6O2. The lowest BCUT2D eigenvalue weighted by atomic mass is 10.2. The highest BCUT2D eigenvalue weighted by atomic mass is 16.2. The van der Waals surface area contributed by atoms with Gasteiger partial charge in [-0.3, -0.25) is 19.6 Å². The highest BCUT2D eigenvalue weighted by molar-refractivity contribution is 6.40. The number of hydrazone groups is 2. The van der Waals surface area contributed by atoms with E-state index in [2.05, 4.69) is 31.0 Å². The molecule has 2 heterocycles. The summed E-state index contributed by atoms with van der Waals surface area (Å²) >= 11 is 0. The summed E-state index contributed by atoms with van der Waals surface area (Å²) in [5, 5.41) is 8.00. The van der Waals surface area contributed by atoms with Gasteiger partial charge in [0.1, 0.15) is 0 Å². The Hall–Kier alpha value is -3.42. The van der Waals surface area contributed by atoms with Crippen LogP contribution in [0.5, 0.6) is 0 Å². The standard InChI is InChI=1S/C18H20N6O2/c1-11-9-15(5-7-19-11)17(25)23-21-13(3)14(4)22-24-18(26)16-6-8-20-12(2)10-16/h5-10H,1-4H3,(H,23,25)(H,24,26)/b21-13+,22-14+. The van der Waals surface area contributed by atoms with Gasteiger partial charge in [0.05, 0.1) is 11.4 Å². The van der Waals surface area contributed by atoms with Gasteiger partial charge in [-0.25, -0.2) is 10.9 Å². The molecule has 2 amide bonds. The van der Waals surface area contributed by atoms with E-state index in [1.165, 1.54) is 0 Å². The van der Waals surface area contributed by atoms with E-state index in [-0.39, 0.29) is 11.8 Å². The van der Waals surface area contributed by atoms with Crippen LogP contribution >= 0.6 is 0 Å². The van der Waals surface area contributed by atoms with Gasteiger partial charge in [-0.05, 0) is 52.0 Å². The average molecular weight is 352 g/mol. The minimum Gasteiger partial charge on any atom is -0.267 e. The molecule has 0 fully saturated rings. The highest BCUT2D eigenvalue weighted by Gasteiger charge is 2.07. The first-order valence-corrected chi connectivity index (χ1v) is 7.92. The van der Waals surface area contributed by atoms with Crippen LogP contribution in [0.4, 0.5) is 0 Å². The summed E-state index contributed by atoms with van der Waals surface area (Å²) in [6.07, 6.45) is 3.12. The van der Waals surface area contributed by atoms with Crippen molar-refractivity contribution < 1.29 is 9.59 Å². The minimum absolute atomic E-state index is 0.348. The fraction of sp³-hybridized carbons (Fsp3) is 0.222. The normalized spacial score (nSPS) is 11.8. The van der Waals surface area contributed by atoms with Crippen molar-refractivity contribution in [2.24, 2.45) is 10.2 Å². The van der Waals surface area contributed by atoms with Gasteiger partial charge < -0.3 is 0 Å². The lowest BCUT2D eigenvalue weighted by Gasteiger charge is -2.04. The Bertz CT molecular complexity index is 815. The van der Waals surface area contributed by atoms with Crippen LogP contribution in [0, 0.1) is 13.8 Å². The van der Waals surface area contributed by atoms with Gasteiger partial charge in [0, 0.05) is 34.9 Å². The summed E-state index contributed by atoms with van der Waals surface area (Å²) in [5.74, 6) is -0.696. The first-order valence-electron chi connectivity index (χ1n) is 7.92. The van der Waals surface area contributed by atoms with E-state index in [4.69, 9.17) is 0 Å². The van der Waals surface area contributed by atoms with Crippen molar-refractivity contribution >= 4 is 23.2 Å². The maximum absolute atomic E-state index is 12.0. The average Bonchev–Trinajstić information content (AvgIpc) is 2.63. The van der Waals surface area contributed by atoms with Crippen LogP contribution in [0.1, 0.15) is 46.0 Å². The van der Waals surface area contributed by atoms with Crippen molar-refractivity contribution in [3.63, 3.8) is 0 Å². The van der Waals surface area contributed by atoms with Crippen molar-refractivity contribution in [1.82, 2.24) is 20.8 Å². The first-order chi connectivity index (χ1) is 12.4. The van der Waals surface area contributed by atoms with Crippen LogP contribution in [0.15, 0.2) is 46.9 Å². The molecule has 0 bridgehead atoms. The van der Waals surface area contributed by atoms with Gasteiger partial charge >= 0.3 is 0 Å². The third kappa shape index (κ3) is 5.30. The number of hydrogen-bond acceptors (Lipinski definition) is 6. The summed E-state index contributed by atoms with van der Waals surface area (Å²) in [5.41, 5.74) is 8.25. The van der Waals surface area contributed by atoms with E-state index < -0.39 is 0 Å². The maximum atomic E-state index is 12.0. The van der Waals surface area contributed by atoms with Crippen LogP contribution in [0.3, 0.4) is 0 Å². The topological polar surface area (TPSA) is 109 Å². The van der Waals surface area contributed by atoms with Gasteiger partial charge in [0.25, 0.3) is 11.8 Å². The van der Waals surface area contributed by atoms with Gasteiger partial charge in [0.15, 0.2) is 0 Å². The monoisotopic (exact) mass is 352 g/mol. The molecule has 2 rings (SSSR count). The first kappa shape index (κ1) is 18.9. The third-order valence-corrected chi connectivity index (χ3v) is 3.49. The Morgan fingerprint density at radius 1 is 0.808 bits per heavy atom. The van der Waals surface area contributed by atoms with Crippen LogP contribution in [0.25, 0.3) is 0 Å². The molecule has 0 saturated heterocycles. The Morgan fingerprint density at radius 3 is 1.54 bits per heavy atom. The van der Waals surface area contributed by atoms with Gasteiger partial charge in [-0.15, -0.1) is 0 Å². The maximum Gasteiger partial charge on any atom is 0.271 e. The molecule has 8 nitrogen and oxygen atoms in total. The van der Waals surface area contributed by atoms with Crippen molar-refractivity contribution in [2.45, 2.75) is 27.7 Å². The summed E-state index contributed by atoms with van der Waals surface area (Å²) in [6, 6.07) is 6.53. The molecule has 0 aliphatic carbocycles. The molecule has 0 atom stereocenters. The number of carbonyl (C=O) groups excluding carboxylic acids is 2. The number of amides is 2. The quantitative estimate of drug-likeness (QED) is 0.633. The summed E-state index contributed by atoms with van der Waals surface area (Å²) in [7, 11) is 0. The second-order valence-corrected chi connectivity index (χ2v) is 5.65. The number of rotatable bonds is 5. The Kier molecular flexibility index (Phi) is 6.26. The minimum atomic E-state index is -0.348. The Balaban J connectivity index is 1.98. The highest BCUT2D eigenvalue weighted by Crippen LogP contribution is 2.01. The second-order valence-electron chi connectivity index (χ2n) is 5.65. The van der Waals surface area contributed by atoms with E-state index in [1.54, 1.807) is 64.4 Å². The van der Waals surface area contributed by atoms with Crippen LogP contribution in [0.2, 0.25) is 0 Å². The molecule has 2 aromatic heterocycles. The molecule has 26 heavy (non-hydrogen) atoms. The fourth-order valence-corrected chi connectivity index (χ4v) is 1.93. The van der Waals surface area contributed by atoms with E-state index in [0.717, 1.165) is 11.4 Å². The van der Waals surface area contributed by atoms with Gasteiger partial charge in [-0.1, -0.05) is 0 Å². The Labute approximate surface area is 151 Å². The fourth-order valence-electron chi connectivity index (χ4n) is 1.93. The third-order valence-electron chi connectivity index (χ3n) is 3.49. The molecular weight excluding hydrogens is 332 g/mol. The van der Waals surface area contributed by atoms with Crippen molar-refractivity contribution in [2.75, 3.05) is 0 Å². The van der Waals surface area contributed by atoms with E-state index in [1.807, 2.05) is 0 Å². The number of aryl methyl sites for hydroxylation is 2. The van der Waals surface area contributed by atoms with Crippen molar-refractivity contribution in [3.8, 4) is 0 Å². The van der Waals surface area contributed by atoms with Gasteiger partial charge in [-0.2, -0.15) is 10.2 Å². The summed E-state index contributed by atoms with van der Waals surface area (Å²) in [4.78, 5) is 32.2. The van der Waals surface area contributed by atoms with Crippen LogP contribution in [-0.2, 0) is 0 Å². The lowest BCUT2D eigenvalue weighted by Crippen LogP contribution is -2.24. The molecule has 0 saturated carbocycles. The SMILES string of the molecule is CC(=N\NC(=O)c1ccnc(C)c1)/C(C)=N/NC(=O)c1ccnc(C)c1. The van der Waals surface area contributed by atoms with Crippen molar-refractivity contribution in [3.05, 3.63) is 59.2 Å². The molecule has 0 aliphatic heterocycles. The zero-order valence-electron chi connectivity index (χ0n) is 15.1. The predicted molar refractivity (Wildman–Crippen MR) is 99.1 cm³/mol. The van der Waals surface area contributed by atoms with E-state index in [9.17, 15) is 9.59 Å². The van der Waals surface area contributed by atoms with E-state index >= 15 is 0 Å². The molecule has 2 N–H and O–H groups in total. The Morgan fingerprint density at radius 2 is 1.19 bits per heavy atom. The smallest absolute Gasteiger partial charge is 0.267 e. The largest absolute Gasteiger partial charge is 0.271 e. The second kappa shape index (κ2) is 8.61. The molecule has 0 unspecified atom stereocenters. The molecule has 0 radical (unpaired) electrons. The van der Waals surface area contributed by atoms with Gasteiger partial charge in [0.2, 0.25) is 0 Å². The molecule has 134 valence electrons. The molecule has 0 aromatic carbocycles. The van der Waals surface area contributed by atoms with Crippen LogP contribution in [-0.4, -0.2) is 33.2 Å². The zero-order valence-corrected chi connectivity index (χ0v) is 15.1. The number of pyridine rings is 2. The van der Waals surface area contributed by atoms with E-state index in [0.29, 0.717) is 22.6 Å².